The Bertz CT molecular complexity index is 572. The maximum atomic E-state index is 5.54. The smallest absolute Gasteiger partial charge is 0.191 e. The minimum Gasteiger partial charge on any atom is -0.379 e. The van der Waals surface area contributed by atoms with Crippen LogP contribution in [0.15, 0.2) is 22.5 Å². The number of hydrogen-bond donors (Lipinski definition) is 2. The number of nitrogens with zero attached hydrogens (tertiary/aromatic N) is 3. The second-order valence-corrected chi connectivity index (χ2v) is 8.78. The lowest BCUT2D eigenvalue weighted by molar-refractivity contribution is 0.0177. The molecular weight excluding hydrogens is 497 g/mol. The van der Waals surface area contributed by atoms with Crippen molar-refractivity contribution in [1.29, 1.82) is 0 Å². The molecule has 3 rings (SSSR count). The number of piperidine rings is 1. The molecule has 2 fully saturated rings. The third-order valence-corrected chi connectivity index (χ3v) is 6.82. The Labute approximate surface area is 197 Å². The number of guanidine groups is 1. The SMILES string of the molecule is CCCN1CCC(CNC(=NC)NCC(c2cccs2)N2CCOCC2)CC1.I. The van der Waals surface area contributed by atoms with Gasteiger partial charge in [0.05, 0.1) is 19.3 Å². The van der Waals surface area contributed by atoms with Crippen LogP contribution in [0.25, 0.3) is 0 Å². The van der Waals surface area contributed by atoms with Crippen LogP contribution in [-0.4, -0.2) is 81.8 Å². The molecule has 3 heterocycles. The highest BCUT2D eigenvalue weighted by Gasteiger charge is 2.24. The molecule has 0 radical (unpaired) electrons. The Balaban J connectivity index is 0.00000300. The molecule has 166 valence electrons. The van der Waals surface area contributed by atoms with E-state index in [1.165, 1.54) is 43.8 Å². The largest absolute Gasteiger partial charge is 0.379 e. The van der Waals surface area contributed by atoms with Crippen LogP contribution >= 0.6 is 35.3 Å². The molecule has 29 heavy (non-hydrogen) atoms. The Morgan fingerprint density at radius 2 is 2.00 bits per heavy atom. The summed E-state index contributed by atoms with van der Waals surface area (Å²) in [5.74, 6) is 1.67. The highest BCUT2D eigenvalue weighted by Crippen LogP contribution is 2.25. The standard InChI is InChI=1S/C21H37N5OS.HI/c1-3-8-25-9-6-18(7-10-25)16-23-21(22-2)24-17-19(20-5-4-15-28-20)26-11-13-27-14-12-26;/h4-5,15,18-19H,3,6-14,16-17H2,1-2H3,(H2,22,23,24);1H. The van der Waals surface area contributed by atoms with E-state index < -0.39 is 0 Å². The first kappa shape index (κ1) is 24.8. The van der Waals surface area contributed by atoms with E-state index in [2.05, 4.69) is 49.9 Å². The number of likely N-dealkylation sites (tertiary alicyclic amines) is 1. The number of rotatable bonds is 8. The summed E-state index contributed by atoms with van der Waals surface area (Å²) in [5, 5.41) is 9.31. The van der Waals surface area contributed by atoms with Gasteiger partial charge in [0.1, 0.15) is 0 Å². The van der Waals surface area contributed by atoms with Crippen LogP contribution in [0.4, 0.5) is 0 Å². The molecule has 1 unspecified atom stereocenters. The van der Waals surface area contributed by atoms with Crippen LogP contribution in [0.3, 0.4) is 0 Å². The molecule has 0 spiro atoms. The van der Waals surface area contributed by atoms with Gasteiger partial charge in [-0.3, -0.25) is 9.89 Å². The first-order valence-electron chi connectivity index (χ1n) is 10.8. The van der Waals surface area contributed by atoms with Crippen molar-refractivity contribution in [2.24, 2.45) is 10.9 Å². The van der Waals surface area contributed by atoms with Gasteiger partial charge in [-0.05, 0) is 56.3 Å². The van der Waals surface area contributed by atoms with E-state index in [1.807, 2.05) is 18.4 Å². The summed E-state index contributed by atoms with van der Waals surface area (Å²) < 4.78 is 5.54. The van der Waals surface area contributed by atoms with Crippen molar-refractivity contribution in [3.8, 4) is 0 Å². The Kier molecular flexibility index (Phi) is 11.8. The van der Waals surface area contributed by atoms with Crippen molar-refractivity contribution < 1.29 is 4.74 Å². The third-order valence-electron chi connectivity index (χ3n) is 5.85. The van der Waals surface area contributed by atoms with Gasteiger partial charge < -0.3 is 20.3 Å². The number of hydrogen-bond acceptors (Lipinski definition) is 5. The van der Waals surface area contributed by atoms with Crippen LogP contribution in [0.5, 0.6) is 0 Å². The number of halogens is 1. The van der Waals surface area contributed by atoms with Crippen molar-refractivity contribution in [3.63, 3.8) is 0 Å². The molecule has 2 aliphatic rings. The fourth-order valence-electron chi connectivity index (χ4n) is 4.17. The van der Waals surface area contributed by atoms with Crippen LogP contribution in [-0.2, 0) is 4.74 Å². The Morgan fingerprint density at radius 3 is 2.62 bits per heavy atom. The summed E-state index contributed by atoms with van der Waals surface area (Å²) in [4.78, 5) is 11.0. The molecule has 0 saturated carbocycles. The maximum absolute atomic E-state index is 5.54. The molecule has 1 aromatic heterocycles. The van der Waals surface area contributed by atoms with Gasteiger partial charge in [-0.2, -0.15) is 0 Å². The van der Waals surface area contributed by atoms with Gasteiger partial charge in [0.15, 0.2) is 5.96 Å². The van der Waals surface area contributed by atoms with Crippen LogP contribution in [0.2, 0.25) is 0 Å². The fourth-order valence-corrected chi connectivity index (χ4v) is 5.03. The number of ether oxygens (including phenoxy) is 1. The summed E-state index contributed by atoms with van der Waals surface area (Å²) in [7, 11) is 1.87. The summed E-state index contributed by atoms with van der Waals surface area (Å²) in [6.45, 7) is 11.5. The maximum Gasteiger partial charge on any atom is 0.191 e. The third kappa shape index (κ3) is 7.97. The van der Waals surface area contributed by atoms with Crippen molar-refractivity contribution >= 4 is 41.3 Å². The van der Waals surface area contributed by atoms with Crippen LogP contribution in [0, 0.1) is 5.92 Å². The lowest BCUT2D eigenvalue weighted by Gasteiger charge is -2.34. The van der Waals surface area contributed by atoms with Crippen molar-refractivity contribution in [1.82, 2.24) is 20.4 Å². The van der Waals surface area contributed by atoms with Gasteiger partial charge in [-0.1, -0.05) is 13.0 Å². The predicted octanol–water partition coefficient (Wildman–Crippen LogP) is 3.03. The molecule has 2 N–H and O–H groups in total. The van der Waals surface area contributed by atoms with E-state index in [4.69, 9.17) is 4.74 Å². The lowest BCUT2D eigenvalue weighted by atomic mass is 9.97. The number of nitrogens with one attached hydrogen (secondary N) is 2. The van der Waals surface area contributed by atoms with Crippen molar-refractivity contribution in [2.45, 2.75) is 32.2 Å². The van der Waals surface area contributed by atoms with Gasteiger partial charge in [-0.25, -0.2) is 0 Å². The zero-order chi connectivity index (χ0) is 19.6. The average molecular weight is 536 g/mol. The quantitative estimate of drug-likeness (QED) is 0.305. The second kappa shape index (κ2) is 13.8. The van der Waals surface area contributed by atoms with E-state index in [9.17, 15) is 0 Å². The van der Waals surface area contributed by atoms with Crippen molar-refractivity contribution in [2.75, 3.05) is 66.1 Å². The molecule has 1 atom stereocenters. The first-order chi connectivity index (χ1) is 13.8. The summed E-state index contributed by atoms with van der Waals surface area (Å²) in [6, 6.07) is 4.76. The predicted molar refractivity (Wildman–Crippen MR) is 134 cm³/mol. The van der Waals surface area contributed by atoms with E-state index in [1.54, 1.807) is 0 Å². The van der Waals surface area contributed by atoms with Crippen LogP contribution in [0.1, 0.15) is 37.1 Å². The second-order valence-electron chi connectivity index (χ2n) is 7.80. The highest BCUT2D eigenvalue weighted by molar-refractivity contribution is 14.0. The van der Waals surface area contributed by atoms with Gasteiger partial charge in [0, 0.05) is 38.1 Å². The molecule has 0 aliphatic carbocycles. The first-order valence-corrected chi connectivity index (χ1v) is 11.7. The summed E-state index contributed by atoms with van der Waals surface area (Å²) >= 11 is 1.84. The van der Waals surface area contributed by atoms with Gasteiger partial charge in [0.2, 0.25) is 0 Å². The minimum absolute atomic E-state index is 0. The molecule has 8 heteroatoms. The Hall–Kier alpha value is -0.420. The minimum atomic E-state index is 0. The molecule has 1 aromatic rings. The topological polar surface area (TPSA) is 52.1 Å². The molecule has 0 bridgehead atoms. The van der Waals surface area contributed by atoms with Gasteiger partial charge in [0.25, 0.3) is 0 Å². The Morgan fingerprint density at radius 1 is 1.24 bits per heavy atom. The molecule has 2 aliphatic heterocycles. The normalized spacial score (nSPS) is 20.8. The van der Waals surface area contributed by atoms with Gasteiger partial charge >= 0.3 is 0 Å². The zero-order valence-corrected chi connectivity index (χ0v) is 21.1. The molecular formula is C21H38IN5OS. The van der Waals surface area contributed by atoms with E-state index >= 15 is 0 Å². The lowest BCUT2D eigenvalue weighted by Crippen LogP contribution is -2.47. The monoisotopic (exact) mass is 535 g/mol. The number of thiophene rings is 1. The summed E-state index contributed by atoms with van der Waals surface area (Å²) in [6.07, 6.45) is 3.83. The molecule has 2 saturated heterocycles. The van der Waals surface area contributed by atoms with E-state index in [0.717, 1.165) is 51.3 Å². The van der Waals surface area contributed by atoms with E-state index in [-0.39, 0.29) is 24.0 Å². The van der Waals surface area contributed by atoms with Crippen LogP contribution < -0.4 is 10.6 Å². The van der Waals surface area contributed by atoms with E-state index in [0.29, 0.717) is 6.04 Å². The average Bonchev–Trinajstić information content (AvgIpc) is 3.27. The molecule has 0 aromatic carbocycles. The zero-order valence-electron chi connectivity index (χ0n) is 17.9. The number of aliphatic imine (C=N–C) groups is 1. The fraction of sp³-hybridized carbons (Fsp3) is 0.762. The highest BCUT2D eigenvalue weighted by atomic mass is 127. The van der Waals surface area contributed by atoms with Gasteiger partial charge in [-0.15, -0.1) is 35.3 Å². The summed E-state index contributed by atoms with van der Waals surface area (Å²) in [5.41, 5.74) is 0. The number of morpholine rings is 1. The van der Waals surface area contributed by atoms with Crippen molar-refractivity contribution in [3.05, 3.63) is 22.4 Å². The molecule has 6 nitrogen and oxygen atoms in total. The molecule has 0 amide bonds.